The lowest BCUT2D eigenvalue weighted by Crippen LogP contribution is -2.19. The van der Waals surface area contributed by atoms with Gasteiger partial charge in [-0.1, -0.05) is 19.9 Å². The van der Waals surface area contributed by atoms with E-state index in [1.54, 1.807) is 0 Å². The van der Waals surface area contributed by atoms with E-state index in [9.17, 15) is 0 Å². The van der Waals surface area contributed by atoms with Crippen molar-refractivity contribution in [2.24, 2.45) is 0 Å². The molecule has 0 unspecified atom stereocenters. The molecule has 1 aromatic rings. The molecule has 17 heavy (non-hydrogen) atoms. The highest BCUT2D eigenvalue weighted by Crippen LogP contribution is 2.03. The van der Waals surface area contributed by atoms with Crippen LogP contribution in [0.3, 0.4) is 0 Å². The van der Waals surface area contributed by atoms with Gasteiger partial charge in [-0.25, -0.2) is 0 Å². The Morgan fingerprint density at radius 1 is 1.24 bits per heavy atom. The number of hydrogen-bond donors (Lipinski definition) is 1. The Kier molecular flexibility index (Phi) is 6.82. The SMILES string of the molecule is CCCNCc1ccc(CN(C)CCC)nc1. The molecule has 0 aliphatic heterocycles. The molecule has 1 N–H and O–H groups in total. The minimum Gasteiger partial charge on any atom is -0.313 e. The largest absolute Gasteiger partial charge is 0.313 e. The zero-order valence-electron chi connectivity index (χ0n) is 11.4. The Morgan fingerprint density at radius 2 is 2.06 bits per heavy atom. The normalized spacial score (nSPS) is 11.1. The fraction of sp³-hybridized carbons (Fsp3) is 0.643. The monoisotopic (exact) mass is 235 g/mol. The number of aromatic nitrogens is 1. The molecule has 0 atom stereocenters. The molecule has 1 aromatic heterocycles. The lowest BCUT2D eigenvalue weighted by molar-refractivity contribution is 0.323. The van der Waals surface area contributed by atoms with E-state index in [-0.39, 0.29) is 0 Å². The van der Waals surface area contributed by atoms with E-state index in [1.165, 1.54) is 18.4 Å². The van der Waals surface area contributed by atoms with E-state index < -0.39 is 0 Å². The summed E-state index contributed by atoms with van der Waals surface area (Å²) in [6.07, 6.45) is 4.35. The van der Waals surface area contributed by atoms with Crippen LogP contribution in [0.2, 0.25) is 0 Å². The van der Waals surface area contributed by atoms with Crippen LogP contribution in [0, 0.1) is 0 Å². The fourth-order valence-corrected chi connectivity index (χ4v) is 1.80. The second-order valence-corrected chi connectivity index (χ2v) is 4.57. The smallest absolute Gasteiger partial charge is 0.0544 e. The molecule has 0 bridgehead atoms. The summed E-state index contributed by atoms with van der Waals surface area (Å²) in [4.78, 5) is 6.80. The zero-order valence-corrected chi connectivity index (χ0v) is 11.4. The summed E-state index contributed by atoms with van der Waals surface area (Å²) >= 11 is 0. The van der Waals surface area contributed by atoms with Crippen molar-refractivity contribution in [1.82, 2.24) is 15.2 Å². The van der Waals surface area contributed by atoms with Crippen LogP contribution in [-0.4, -0.2) is 30.0 Å². The summed E-state index contributed by atoms with van der Waals surface area (Å²) in [7, 11) is 2.14. The van der Waals surface area contributed by atoms with E-state index in [0.29, 0.717) is 0 Å². The first-order valence-corrected chi connectivity index (χ1v) is 6.59. The van der Waals surface area contributed by atoms with Crippen molar-refractivity contribution in [1.29, 1.82) is 0 Å². The highest BCUT2D eigenvalue weighted by molar-refractivity contribution is 5.13. The first-order valence-electron chi connectivity index (χ1n) is 6.59. The van der Waals surface area contributed by atoms with Crippen molar-refractivity contribution in [3.8, 4) is 0 Å². The van der Waals surface area contributed by atoms with Crippen LogP contribution in [0.4, 0.5) is 0 Å². The van der Waals surface area contributed by atoms with Crippen molar-refractivity contribution in [2.45, 2.75) is 39.8 Å². The Labute approximate surface area is 105 Å². The van der Waals surface area contributed by atoms with E-state index in [0.717, 1.165) is 31.9 Å². The predicted octanol–water partition coefficient (Wildman–Crippen LogP) is 2.42. The van der Waals surface area contributed by atoms with Gasteiger partial charge in [-0.2, -0.15) is 0 Å². The van der Waals surface area contributed by atoms with Gasteiger partial charge in [-0.05, 0) is 44.6 Å². The van der Waals surface area contributed by atoms with Crippen LogP contribution in [0.25, 0.3) is 0 Å². The Balaban J connectivity index is 2.39. The van der Waals surface area contributed by atoms with Gasteiger partial charge in [0, 0.05) is 19.3 Å². The molecule has 3 nitrogen and oxygen atoms in total. The summed E-state index contributed by atoms with van der Waals surface area (Å²) in [6, 6.07) is 4.31. The van der Waals surface area contributed by atoms with Gasteiger partial charge in [-0.15, -0.1) is 0 Å². The maximum absolute atomic E-state index is 4.50. The minimum atomic E-state index is 0.923. The van der Waals surface area contributed by atoms with Crippen LogP contribution in [0.1, 0.15) is 37.9 Å². The van der Waals surface area contributed by atoms with Crippen LogP contribution in [0.15, 0.2) is 18.3 Å². The van der Waals surface area contributed by atoms with Crippen LogP contribution < -0.4 is 5.32 Å². The highest BCUT2D eigenvalue weighted by atomic mass is 15.1. The van der Waals surface area contributed by atoms with E-state index in [2.05, 4.69) is 48.2 Å². The molecule has 0 aliphatic carbocycles. The van der Waals surface area contributed by atoms with Crippen LogP contribution in [-0.2, 0) is 13.1 Å². The molecule has 0 aliphatic rings. The lowest BCUT2D eigenvalue weighted by Gasteiger charge is -2.14. The van der Waals surface area contributed by atoms with E-state index in [4.69, 9.17) is 0 Å². The number of nitrogens with zero attached hydrogens (tertiary/aromatic N) is 2. The Bertz CT molecular complexity index is 295. The quantitative estimate of drug-likeness (QED) is 0.701. The summed E-state index contributed by atoms with van der Waals surface area (Å²) in [5.74, 6) is 0. The van der Waals surface area contributed by atoms with Gasteiger partial charge in [0.1, 0.15) is 0 Å². The van der Waals surface area contributed by atoms with Gasteiger partial charge in [0.05, 0.1) is 5.69 Å². The molecule has 0 radical (unpaired) electrons. The maximum Gasteiger partial charge on any atom is 0.0544 e. The molecule has 1 rings (SSSR count). The molecule has 0 amide bonds. The molecular weight excluding hydrogens is 210 g/mol. The van der Waals surface area contributed by atoms with Crippen molar-refractivity contribution in [3.05, 3.63) is 29.6 Å². The summed E-state index contributed by atoms with van der Waals surface area (Å²) in [5.41, 5.74) is 2.42. The van der Waals surface area contributed by atoms with Crippen molar-refractivity contribution in [2.75, 3.05) is 20.1 Å². The topological polar surface area (TPSA) is 28.2 Å². The van der Waals surface area contributed by atoms with Crippen molar-refractivity contribution >= 4 is 0 Å². The summed E-state index contributed by atoms with van der Waals surface area (Å²) in [5, 5.41) is 3.38. The summed E-state index contributed by atoms with van der Waals surface area (Å²) in [6.45, 7) is 8.44. The van der Waals surface area contributed by atoms with Crippen LogP contribution in [0.5, 0.6) is 0 Å². The summed E-state index contributed by atoms with van der Waals surface area (Å²) < 4.78 is 0. The van der Waals surface area contributed by atoms with Gasteiger partial charge >= 0.3 is 0 Å². The fourth-order valence-electron chi connectivity index (χ4n) is 1.80. The Hall–Kier alpha value is -0.930. The highest BCUT2D eigenvalue weighted by Gasteiger charge is 2.00. The standard InChI is InChI=1S/C14H25N3/c1-4-8-15-10-13-6-7-14(16-11-13)12-17(3)9-5-2/h6-7,11,15H,4-5,8-10,12H2,1-3H3. The molecule has 0 saturated carbocycles. The van der Waals surface area contributed by atoms with E-state index >= 15 is 0 Å². The maximum atomic E-state index is 4.50. The minimum absolute atomic E-state index is 0.923. The second kappa shape index (κ2) is 8.20. The molecule has 0 spiro atoms. The van der Waals surface area contributed by atoms with Gasteiger partial charge in [0.15, 0.2) is 0 Å². The van der Waals surface area contributed by atoms with Gasteiger partial charge in [0.25, 0.3) is 0 Å². The molecule has 96 valence electrons. The third kappa shape index (κ3) is 5.80. The average Bonchev–Trinajstić information content (AvgIpc) is 2.32. The zero-order chi connectivity index (χ0) is 12.5. The Morgan fingerprint density at radius 3 is 2.65 bits per heavy atom. The molecule has 0 fully saturated rings. The van der Waals surface area contributed by atoms with Gasteiger partial charge in [0.2, 0.25) is 0 Å². The molecule has 1 heterocycles. The third-order valence-electron chi connectivity index (χ3n) is 2.68. The lowest BCUT2D eigenvalue weighted by atomic mass is 10.2. The second-order valence-electron chi connectivity index (χ2n) is 4.57. The van der Waals surface area contributed by atoms with Crippen LogP contribution >= 0.6 is 0 Å². The van der Waals surface area contributed by atoms with Gasteiger partial charge < -0.3 is 10.2 Å². The molecule has 0 saturated heterocycles. The number of hydrogen-bond acceptors (Lipinski definition) is 3. The predicted molar refractivity (Wildman–Crippen MR) is 72.9 cm³/mol. The number of nitrogens with one attached hydrogen (secondary N) is 1. The number of pyridine rings is 1. The molecule has 0 aromatic carbocycles. The third-order valence-corrected chi connectivity index (χ3v) is 2.68. The van der Waals surface area contributed by atoms with Crippen molar-refractivity contribution < 1.29 is 0 Å². The molecule has 3 heteroatoms. The number of rotatable bonds is 8. The van der Waals surface area contributed by atoms with Gasteiger partial charge in [-0.3, -0.25) is 4.98 Å². The molecular formula is C14H25N3. The average molecular weight is 235 g/mol. The van der Waals surface area contributed by atoms with Crippen molar-refractivity contribution in [3.63, 3.8) is 0 Å². The first kappa shape index (κ1) is 14.1. The van der Waals surface area contributed by atoms with E-state index in [1.807, 2.05) is 6.20 Å². The first-order chi connectivity index (χ1) is 8.26.